The molecule has 0 aromatic heterocycles. The summed E-state index contributed by atoms with van der Waals surface area (Å²) in [6, 6.07) is 9.86. The molecule has 1 aromatic carbocycles. The monoisotopic (exact) mass is 248 g/mol. The summed E-state index contributed by atoms with van der Waals surface area (Å²) >= 11 is 0. The molecule has 0 heterocycles. The second-order valence-electron chi connectivity index (χ2n) is 4.86. The first-order valence-corrected chi connectivity index (χ1v) is 6.64. The van der Waals surface area contributed by atoms with Crippen LogP contribution in [0.5, 0.6) is 0 Å². The lowest BCUT2D eigenvalue weighted by Crippen LogP contribution is -2.41. The quantitative estimate of drug-likeness (QED) is 0.767. The molecule has 2 N–H and O–H groups in total. The highest BCUT2D eigenvalue weighted by molar-refractivity contribution is 5.83. The highest BCUT2D eigenvalue weighted by atomic mass is 16.1. The van der Waals surface area contributed by atoms with Gasteiger partial charge < -0.3 is 10.6 Å². The first kappa shape index (κ1) is 14.9. The Balaban J connectivity index is 2.35. The van der Waals surface area contributed by atoms with Crippen LogP contribution in [0, 0.1) is 0 Å². The van der Waals surface area contributed by atoms with Crippen LogP contribution in [0.2, 0.25) is 0 Å². The Morgan fingerprint density at radius 3 is 2.61 bits per heavy atom. The van der Waals surface area contributed by atoms with Crippen molar-refractivity contribution >= 4 is 5.78 Å². The molecule has 1 aromatic rings. The van der Waals surface area contributed by atoms with E-state index in [1.165, 1.54) is 5.56 Å². The molecule has 0 aliphatic heterocycles. The molecule has 0 saturated heterocycles. The summed E-state index contributed by atoms with van der Waals surface area (Å²) in [5.41, 5.74) is 7.17. The van der Waals surface area contributed by atoms with E-state index >= 15 is 0 Å². The number of hydrogen-bond donors (Lipinski definition) is 1. The van der Waals surface area contributed by atoms with Crippen molar-refractivity contribution in [1.82, 2.24) is 4.90 Å². The van der Waals surface area contributed by atoms with Crippen molar-refractivity contribution in [3.8, 4) is 0 Å². The van der Waals surface area contributed by atoms with E-state index in [0.29, 0.717) is 13.0 Å². The van der Waals surface area contributed by atoms with E-state index in [4.69, 9.17) is 5.73 Å². The second kappa shape index (κ2) is 8.01. The van der Waals surface area contributed by atoms with Gasteiger partial charge in [-0.3, -0.25) is 4.79 Å². The summed E-state index contributed by atoms with van der Waals surface area (Å²) in [5, 5.41) is 0. The van der Waals surface area contributed by atoms with Crippen LogP contribution in [0.25, 0.3) is 0 Å². The molecule has 3 heteroatoms. The summed E-state index contributed by atoms with van der Waals surface area (Å²) in [4.78, 5) is 13.8. The van der Waals surface area contributed by atoms with Gasteiger partial charge in [0.15, 0.2) is 5.78 Å². The maximum atomic E-state index is 11.7. The lowest BCUT2D eigenvalue weighted by Gasteiger charge is -2.20. The van der Waals surface area contributed by atoms with Crippen molar-refractivity contribution in [3.63, 3.8) is 0 Å². The first-order chi connectivity index (χ1) is 8.63. The third kappa shape index (κ3) is 5.43. The molecule has 18 heavy (non-hydrogen) atoms. The number of rotatable bonds is 8. The third-order valence-corrected chi connectivity index (χ3v) is 2.99. The molecular formula is C15H24N2O. The molecule has 0 fully saturated rings. The highest BCUT2D eigenvalue weighted by Crippen LogP contribution is 2.04. The van der Waals surface area contributed by atoms with Gasteiger partial charge in [0.2, 0.25) is 0 Å². The van der Waals surface area contributed by atoms with E-state index in [-0.39, 0.29) is 11.8 Å². The van der Waals surface area contributed by atoms with E-state index in [1.807, 2.05) is 25.2 Å². The first-order valence-electron chi connectivity index (χ1n) is 6.64. The van der Waals surface area contributed by atoms with Gasteiger partial charge in [0, 0.05) is 19.5 Å². The van der Waals surface area contributed by atoms with Crippen molar-refractivity contribution in [1.29, 1.82) is 0 Å². The van der Waals surface area contributed by atoms with Gasteiger partial charge in [-0.25, -0.2) is 0 Å². The van der Waals surface area contributed by atoms with Crippen LogP contribution in [0.1, 0.15) is 31.7 Å². The molecule has 3 nitrogen and oxygen atoms in total. The number of ketones is 1. The third-order valence-electron chi connectivity index (χ3n) is 2.99. The van der Waals surface area contributed by atoms with Crippen molar-refractivity contribution < 1.29 is 4.79 Å². The lowest BCUT2D eigenvalue weighted by molar-refractivity contribution is -0.120. The smallest absolute Gasteiger partial charge is 0.150 e. The number of unbranched alkanes of at least 4 members (excludes halogenated alkanes) is 1. The zero-order valence-electron chi connectivity index (χ0n) is 11.4. The molecule has 0 amide bonds. The van der Waals surface area contributed by atoms with Crippen LogP contribution >= 0.6 is 0 Å². The normalized spacial score (nSPS) is 12.7. The number of benzene rings is 1. The molecule has 0 bridgehead atoms. The van der Waals surface area contributed by atoms with Gasteiger partial charge in [-0.1, -0.05) is 43.7 Å². The van der Waals surface area contributed by atoms with Crippen LogP contribution in [0.15, 0.2) is 30.3 Å². The van der Waals surface area contributed by atoms with Crippen LogP contribution in [-0.2, 0) is 11.3 Å². The van der Waals surface area contributed by atoms with Crippen LogP contribution in [-0.4, -0.2) is 30.3 Å². The molecule has 0 aliphatic rings. The fourth-order valence-corrected chi connectivity index (χ4v) is 1.93. The topological polar surface area (TPSA) is 46.3 Å². The molecule has 100 valence electrons. The number of likely N-dealkylation sites (N-methyl/N-ethyl adjacent to an activating group) is 1. The minimum absolute atomic E-state index is 0.178. The SMILES string of the molecule is CCCCC(=O)C(N)CN(C)Cc1ccccc1. The minimum Gasteiger partial charge on any atom is -0.320 e. The minimum atomic E-state index is -0.356. The summed E-state index contributed by atoms with van der Waals surface area (Å²) < 4.78 is 0. The summed E-state index contributed by atoms with van der Waals surface area (Å²) in [5.74, 6) is 0.178. The van der Waals surface area contributed by atoms with Crippen LogP contribution in [0.3, 0.4) is 0 Å². The Morgan fingerprint density at radius 1 is 1.33 bits per heavy atom. The van der Waals surface area contributed by atoms with Gasteiger partial charge in [-0.05, 0) is 19.0 Å². The molecule has 0 aliphatic carbocycles. The number of hydrogen-bond acceptors (Lipinski definition) is 3. The van der Waals surface area contributed by atoms with Gasteiger partial charge in [0.1, 0.15) is 0 Å². The lowest BCUT2D eigenvalue weighted by atomic mass is 10.1. The number of carbonyl (C=O) groups is 1. The average Bonchev–Trinajstić information content (AvgIpc) is 2.36. The summed E-state index contributed by atoms with van der Waals surface area (Å²) in [6.45, 7) is 3.54. The number of Topliss-reactive ketones (excluding diaryl/α,β-unsaturated/α-hetero) is 1. The van der Waals surface area contributed by atoms with E-state index in [0.717, 1.165) is 19.4 Å². The van der Waals surface area contributed by atoms with Crippen molar-refractivity contribution in [3.05, 3.63) is 35.9 Å². The Kier molecular flexibility index (Phi) is 6.61. The maximum absolute atomic E-state index is 11.7. The number of nitrogens with zero attached hydrogens (tertiary/aromatic N) is 1. The highest BCUT2D eigenvalue weighted by Gasteiger charge is 2.14. The van der Waals surface area contributed by atoms with Gasteiger partial charge in [0.25, 0.3) is 0 Å². The van der Waals surface area contributed by atoms with Crippen LogP contribution in [0.4, 0.5) is 0 Å². The van der Waals surface area contributed by atoms with Crippen molar-refractivity contribution in [2.45, 2.75) is 38.8 Å². The molecule has 0 spiro atoms. The predicted octanol–water partition coefficient (Wildman–Crippen LogP) is 2.21. The van der Waals surface area contributed by atoms with Gasteiger partial charge in [-0.2, -0.15) is 0 Å². The zero-order valence-corrected chi connectivity index (χ0v) is 11.4. The second-order valence-corrected chi connectivity index (χ2v) is 4.86. The largest absolute Gasteiger partial charge is 0.320 e. The number of carbonyl (C=O) groups excluding carboxylic acids is 1. The average molecular weight is 248 g/mol. The van der Waals surface area contributed by atoms with E-state index in [9.17, 15) is 4.79 Å². The summed E-state index contributed by atoms with van der Waals surface area (Å²) in [7, 11) is 2.00. The molecular weight excluding hydrogens is 224 g/mol. The molecule has 0 saturated carbocycles. The maximum Gasteiger partial charge on any atom is 0.150 e. The van der Waals surface area contributed by atoms with Crippen molar-refractivity contribution in [2.24, 2.45) is 5.73 Å². The van der Waals surface area contributed by atoms with E-state index in [1.54, 1.807) is 0 Å². The molecule has 1 unspecified atom stereocenters. The molecule has 1 rings (SSSR count). The Bertz CT molecular complexity index is 351. The fourth-order valence-electron chi connectivity index (χ4n) is 1.93. The van der Waals surface area contributed by atoms with Crippen LogP contribution < -0.4 is 5.73 Å². The summed E-state index contributed by atoms with van der Waals surface area (Å²) in [6.07, 6.45) is 2.59. The number of nitrogens with two attached hydrogens (primary N) is 1. The van der Waals surface area contributed by atoms with Gasteiger partial charge >= 0.3 is 0 Å². The van der Waals surface area contributed by atoms with Crippen molar-refractivity contribution in [2.75, 3.05) is 13.6 Å². The van der Waals surface area contributed by atoms with E-state index in [2.05, 4.69) is 24.0 Å². The van der Waals surface area contributed by atoms with Gasteiger partial charge in [0.05, 0.1) is 6.04 Å². The van der Waals surface area contributed by atoms with E-state index < -0.39 is 0 Å². The fraction of sp³-hybridized carbons (Fsp3) is 0.533. The Labute approximate surface area is 110 Å². The molecule has 1 atom stereocenters. The van der Waals surface area contributed by atoms with Gasteiger partial charge in [-0.15, -0.1) is 0 Å². The standard InChI is InChI=1S/C15H24N2O/c1-3-4-10-15(18)14(16)12-17(2)11-13-8-6-5-7-9-13/h5-9,14H,3-4,10-12,16H2,1-2H3. The Hall–Kier alpha value is -1.19. The zero-order chi connectivity index (χ0) is 13.4. The predicted molar refractivity (Wildman–Crippen MR) is 75.3 cm³/mol. The Morgan fingerprint density at radius 2 is 2.00 bits per heavy atom. The molecule has 0 radical (unpaired) electrons.